The van der Waals surface area contributed by atoms with Crippen LogP contribution in [0.3, 0.4) is 0 Å². The first-order valence-corrected chi connectivity index (χ1v) is 7.95. The standard InChI is InChI=1S/C18H29N/c1-4-15(2)14-17(19-3)18(12-8-9-13-18)16-10-6-5-7-11-16/h5-7,10-11,15,17,19H,4,8-9,12-14H2,1-3H3. The number of rotatable bonds is 6. The molecule has 2 atom stereocenters. The van der Waals surface area contributed by atoms with Crippen LogP contribution >= 0.6 is 0 Å². The van der Waals surface area contributed by atoms with Crippen LogP contribution in [0.2, 0.25) is 0 Å². The Kier molecular flexibility index (Phi) is 5.04. The Morgan fingerprint density at radius 2 is 1.79 bits per heavy atom. The molecule has 0 heterocycles. The summed E-state index contributed by atoms with van der Waals surface area (Å²) >= 11 is 0. The molecule has 0 spiro atoms. The van der Waals surface area contributed by atoms with Crippen LogP contribution in [0.25, 0.3) is 0 Å². The summed E-state index contributed by atoms with van der Waals surface area (Å²) in [6.07, 6.45) is 8.03. The van der Waals surface area contributed by atoms with E-state index in [-0.39, 0.29) is 0 Å². The number of nitrogens with one attached hydrogen (secondary N) is 1. The minimum Gasteiger partial charge on any atom is -0.316 e. The van der Waals surface area contributed by atoms with E-state index >= 15 is 0 Å². The summed E-state index contributed by atoms with van der Waals surface area (Å²) in [6.45, 7) is 4.69. The Balaban J connectivity index is 2.27. The topological polar surface area (TPSA) is 12.0 Å². The van der Waals surface area contributed by atoms with Crippen LogP contribution in [0.5, 0.6) is 0 Å². The summed E-state index contributed by atoms with van der Waals surface area (Å²) in [6, 6.07) is 11.8. The highest BCUT2D eigenvalue weighted by Crippen LogP contribution is 2.45. The van der Waals surface area contributed by atoms with Crippen molar-refractivity contribution in [2.24, 2.45) is 5.92 Å². The highest BCUT2D eigenvalue weighted by Gasteiger charge is 2.42. The van der Waals surface area contributed by atoms with Crippen molar-refractivity contribution in [3.8, 4) is 0 Å². The zero-order valence-corrected chi connectivity index (χ0v) is 12.8. The van der Waals surface area contributed by atoms with Gasteiger partial charge in [-0.1, -0.05) is 63.4 Å². The summed E-state index contributed by atoms with van der Waals surface area (Å²) in [5.41, 5.74) is 1.93. The first kappa shape index (κ1) is 14.6. The fourth-order valence-corrected chi connectivity index (χ4v) is 3.80. The van der Waals surface area contributed by atoms with Crippen molar-refractivity contribution in [2.75, 3.05) is 7.05 Å². The largest absolute Gasteiger partial charge is 0.316 e. The molecule has 0 amide bonds. The average Bonchev–Trinajstić information content (AvgIpc) is 2.96. The van der Waals surface area contributed by atoms with Crippen molar-refractivity contribution in [3.05, 3.63) is 35.9 Å². The lowest BCUT2D eigenvalue weighted by Gasteiger charge is -2.39. The van der Waals surface area contributed by atoms with Crippen molar-refractivity contribution in [1.82, 2.24) is 5.32 Å². The summed E-state index contributed by atoms with van der Waals surface area (Å²) in [5, 5.41) is 3.65. The highest BCUT2D eigenvalue weighted by atomic mass is 14.9. The Bertz CT molecular complexity index is 365. The Morgan fingerprint density at radius 1 is 1.16 bits per heavy atom. The van der Waals surface area contributed by atoms with E-state index < -0.39 is 0 Å². The van der Waals surface area contributed by atoms with Gasteiger partial charge >= 0.3 is 0 Å². The van der Waals surface area contributed by atoms with Crippen LogP contribution in [-0.4, -0.2) is 13.1 Å². The van der Waals surface area contributed by atoms with Crippen molar-refractivity contribution in [2.45, 2.75) is 63.8 Å². The van der Waals surface area contributed by atoms with Gasteiger partial charge in [-0.3, -0.25) is 0 Å². The third kappa shape index (κ3) is 3.02. The molecule has 1 nitrogen and oxygen atoms in total. The fourth-order valence-electron chi connectivity index (χ4n) is 3.80. The summed E-state index contributed by atoms with van der Waals surface area (Å²) in [7, 11) is 2.15. The van der Waals surface area contributed by atoms with Gasteiger partial charge in [-0.05, 0) is 37.8 Å². The third-order valence-electron chi connectivity index (χ3n) is 5.19. The molecule has 2 rings (SSSR count). The van der Waals surface area contributed by atoms with E-state index in [0.29, 0.717) is 11.5 Å². The van der Waals surface area contributed by atoms with E-state index in [1.54, 1.807) is 5.56 Å². The monoisotopic (exact) mass is 259 g/mol. The zero-order chi connectivity index (χ0) is 13.7. The molecule has 106 valence electrons. The predicted octanol–water partition coefficient (Wildman–Crippen LogP) is 4.52. The zero-order valence-electron chi connectivity index (χ0n) is 12.8. The van der Waals surface area contributed by atoms with Crippen molar-refractivity contribution < 1.29 is 0 Å². The maximum atomic E-state index is 3.65. The normalized spacial score (nSPS) is 21.2. The Hall–Kier alpha value is -0.820. The van der Waals surface area contributed by atoms with Crippen LogP contribution in [0.1, 0.15) is 57.9 Å². The second-order valence-electron chi connectivity index (χ2n) is 6.32. The fraction of sp³-hybridized carbons (Fsp3) is 0.667. The van der Waals surface area contributed by atoms with Crippen molar-refractivity contribution in [3.63, 3.8) is 0 Å². The Labute approximate surface area is 118 Å². The molecule has 0 saturated heterocycles. The third-order valence-corrected chi connectivity index (χ3v) is 5.19. The summed E-state index contributed by atoms with van der Waals surface area (Å²) in [5.74, 6) is 0.804. The molecular formula is C18H29N. The van der Waals surface area contributed by atoms with Crippen molar-refractivity contribution >= 4 is 0 Å². The molecule has 1 fully saturated rings. The molecule has 0 aliphatic heterocycles. The first-order chi connectivity index (χ1) is 9.23. The second-order valence-corrected chi connectivity index (χ2v) is 6.32. The van der Waals surface area contributed by atoms with Crippen LogP contribution in [0.15, 0.2) is 30.3 Å². The van der Waals surface area contributed by atoms with Gasteiger partial charge in [0, 0.05) is 11.5 Å². The maximum Gasteiger partial charge on any atom is 0.0163 e. The van der Waals surface area contributed by atoms with Crippen LogP contribution in [-0.2, 0) is 5.41 Å². The minimum absolute atomic E-state index is 0.374. The van der Waals surface area contributed by atoms with E-state index in [1.807, 2.05) is 0 Å². The van der Waals surface area contributed by atoms with Gasteiger partial charge in [-0.15, -0.1) is 0 Å². The second kappa shape index (κ2) is 6.56. The molecule has 1 heteroatoms. The van der Waals surface area contributed by atoms with Crippen LogP contribution in [0.4, 0.5) is 0 Å². The van der Waals surface area contributed by atoms with Gasteiger partial charge in [0.05, 0.1) is 0 Å². The van der Waals surface area contributed by atoms with Gasteiger partial charge in [0.25, 0.3) is 0 Å². The molecule has 1 aromatic carbocycles. The molecule has 0 radical (unpaired) electrons. The highest BCUT2D eigenvalue weighted by molar-refractivity contribution is 5.29. The number of hydrogen-bond acceptors (Lipinski definition) is 1. The van der Waals surface area contributed by atoms with Crippen molar-refractivity contribution in [1.29, 1.82) is 0 Å². The molecule has 19 heavy (non-hydrogen) atoms. The average molecular weight is 259 g/mol. The molecular weight excluding hydrogens is 230 g/mol. The Morgan fingerprint density at radius 3 is 2.32 bits per heavy atom. The van der Waals surface area contributed by atoms with Gasteiger partial charge in [-0.25, -0.2) is 0 Å². The van der Waals surface area contributed by atoms with E-state index in [2.05, 4.69) is 56.5 Å². The number of likely N-dealkylation sites (N-methyl/N-ethyl adjacent to an activating group) is 1. The molecule has 0 aromatic heterocycles. The minimum atomic E-state index is 0.374. The lowest BCUT2D eigenvalue weighted by atomic mass is 9.70. The number of hydrogen-bond donors (Lipinski definition) is 1. The van der Waals surface area contributed by atoms with E-state index in [0.717, 1.165) is 5.92 Å². The molecule has 1 aliphatic rings. The molecule has 1 aromatic rings. The smallest absolute Gasteiger partial charge is 0.0163 e. The van der Waals surface area contributed by atoms with Gasteiger partial charge in [0.15, 0.2) is 0 Å². The van der Waals surface area contributed by atoms with Gasteiger partial charge in [0.2, 0.25) is 0 Å². The lowest BCUT2D eigenvalue weighted by Crippen LogP contribution is -2.46. The van der Waals surface area contributed by atoms with Gasteiger partial charge in [-0.2, -0.15) is 0 Å². The van der Waals surface area contributed by atoms with Gasteiger partial charge < -0.3 is 5.32 Å². The molecule has 1 aliphatic carbocycles. The summed E-state index contributed by atoms with van der Waals surface area (Å²) in [4.78, 5) is 0. The van der Waals surface area contributed by atoms with E-state index in [1.165, 1.54) is 38.5 Å². The number of benzene rings is 1. The lowest BCUT2D eigenvalue weighted by molar-refractivity contribution is 0.262. The molecule has 2 unspecified atom stereocenters. The van der Waals surface area contributed by atoms with Gasteiger partial charge in [0.1, 0.15) is 0 Å². The maximum absolute atomic E-state index is 3.65. The SMILES string of the molecule is CCC(C)CC(NC)C1(c2ccccc2)CCCC1. The van der Waals surface area contributed by atoms with Crippen LogP contribution in [0, 0.1) is 5.92 Å². The quantitative estimate of drug-likeness (QED) is 0.792. The van der Waals surface area contributed by atoms with Crippen LogP contribution < -0.4 is 5.32 Å². The molecule has 1 N–H and O–H groups in total. The van der Waals surface area contributed by atoms with E-state index in [9.17, 15) is 0 Å². The van der Waals surface area contributed by atoms with E-state index in [4.69, 9.17) is 0 Å². The molecule has 1 saturated carbocycles. The molecule has 0 bridgehead atoms. The summed E-state index contributed by atoms with van der Waals surface area (Å²) < 4.78 is 0. The first-order valence-electron chi connectivity index (χ1n) is 7.95. The predicted molar refractivity (Wildman–Crippen MR) is 83.5 cm³/mol.